The Morgan fingerprint density at radius 3 is 2.54 bits per heavy atom. The molecule has 24 heavy (non-hydrogen) atoms. The number of fused-ring (bicyclic) bond motifs is 1. The highest BCUT2D eigenvalue weighted by molar-refractivity contribution is 9.09. The maximum absolute atomic E-state index is 12.9. The summed E-state index contributed by atoms with van der Waals surface area (Å²) in [6.45, 7) is 0.264. The molecule has 2 aromatic carbocycles. The zero-order chi connectivity index (χ0) is 17.3. The van der Waals surface area contributed by atoms with Gasteiger partial charge in [0.1, 0.15) is 0 Å². The highest BCUT2D eigenvalue weighted by Gasteiger charge is 2.30. The highest BCUT2D eigenvalue weighted by Crippen LogP contribution is 2.30. The quantitative estimate of drug-likeness (QED) is 0.434. The van der Waals surface area contributed by atoms with Crippen molar-refractivity contribution in [2.24, 2.45) is 0 Å². The Bertz CT molecular complexity index is 899. The summed E-state index contributed by atoms with van der Waals surface area (Å²) in [6.07, 6.45) is -2.67. The fourth-order valence-corrected chi connectivity index (χ4v) is 3.02. The number of aromatic nitrogens is 1. The van der Waals surface area contributed by atoms with Crippen LogP contribution in [-0.2, 0) is 12.7 Å². The maximum Gasteiger partial charge on any atom is 0.416 e. The third-order valence-electron chi connectivity index (χ3n) is 3.82. The number of carbonyl (C=O) groups is 1. The van der Waals surface area contributed by atoms with Gasteiger partial charge in [0.15, 0.2) is 5.78 Å². The van der Waals surface area contributed by atoms with Crippen LogP contribution < -0.4 is 0 Å². The minimum atomic E-state index is -4.37. The van der Waals surface area contributed by atoms with Gasteiger partial charge in [-0.1, -0.05) is 46.3 Å². The van der Waals surface area contributed by atoms with E-state index >= 15 is 0 Å². The van der Waals surface area contributed by atoms with E-state index in [2.05, 4.69) is 15.9 Å². The molecule has 1 aromatic heterocycles. The number of carbonyl (C=O) groups excluding carboxylic acids is 1. The summed E-state index contributed by atoms with van der Waals surface area (Å²) in [5.74, 6) is -0.0611. The van der Waals surface area contributed by atoms with E-state index in [1.807, 2.05) is 24.3 Å². The fraction of sp³-hybridized carbons (Fsp3) is 0.167. The van der Waals surface area contributed by atoms with Gasteiger partial charge in [-0.25, -0.2) is 0 Å². The van der Waals surface area contributed by atoms with Gasteiger partial charge < -0.3 is 4.57 Å². The molecule has 2 nitrogen and oxygen atoms in total. The van der Waals surface area contributed by atoms with E-state index in [4.69, 9.17) is 0 Å². The Hall–Kier alpha value is -2.08. The lowest BCUT2D eigenvalue weighted by Crippen LogP contribution is -2.06. The number of rotatable bonds is 4. The Balaban J connectivity index is 2.04. The molecule has 0 saturated carbocycles. The molecule has 0 N–H and O–H groups in total. The number of alkyl halides is 4. The predicted octanol–water partition coefficient (Wildman–Crippen LogP) is 5.29. The summed E-state index contributed by atoms with van der Waals surface area (Å²) >= 11 is 3.16. The third-order valence-corrected chi connectivity index (χ3v) is 4.33. The first-order valence-corrected chi connectivity index (χ1v) is 8.35. The van der Waals surface area contributed by atoms with Crippen LogP contribution >= 0.6 is 15.9 Å². The van der Waals surface area contributed by atoms with Gasteiger partial charge in [-0.05, 0) is 23.8 Å². The largest absolute Gasteiger partial charge is 0.416 e. The first-order chi connectivity index (χ1) is 11.4. The van der Waals surface area contributed by atoms with Gasteiger partial charge in [-0.2, -0.15) is 13.2 Å². The van der Waals surface area contributed by atoms with Crippen molar-refractivity contribution in [1.82, 2.24) is 4.57 Å². The molecule has 3 rings (SSSR count). The van der Waals surface area contributed by atoms with Crippen LogP contribution in [0.25, 0.3) is 10.9 Å². The molecule has 0 spiro atoms. The lowest BCUT2D eigenvalue weighted by atomic mass is 10.1. The minimum absolute atomic E-state index is 0.0611. The number of hydrogen-bond acceptors (Lipinski definition) is 1. The van der Waals surface area contributed by atoms with E-state index in [1.54, 1.807) is 16.8 Å². The average molecular weight is 396 g/mol. The van der Waals surface area contributed by atoms with E-state index in [0.29, 0.717) is 11.1 Å². The highest BCUT2D eigenvalue weighted by atomic mass is 79.9. The van der Waals surface area contributed by atoms with E-state index in [1.165, 1.54) is 6.07 Å². The summed E-state index contributed by atoms with van der Waals surface area (Å²) in [5, 5.41) is 0.999. The first kappa shape index (κ1) is 16.8. The van der Waals surface area contributed by atoms with Crippen LogP contribution in [-0.4, -0.2) is 15.7 Å². The van der Waals surface area contributed by atoms with Crippen molar-refractivity contribution >= 4 is 32.6 Å². The SMILES string of the molecule is O=C(CBr)c1cn(Cc2cccc(C(F)(F)F)c2)c2ccccc12. The number of nitrogens with zero attached hydrogens (tertiary/aromatic N) is 1. The molecule has 0 bridgehead atoms. The molecule has 3 aromatic rings. The second kappa shape index (κ2) is 6.43. The number of ketones is 1. The van der Waals surface area contributed by atoms with Crippen molar-refractivity contribution in [2.45, 2.75) is 12.7 Å². The smallest absolute Gasteiger partial charge is 0.342 e. The molecule has 0 aliphatic rings. The van der Waals surface area contributed by atoms with Gasteiger partial charge in [-0.15, -0.1) is 0 Å². The van der Waals surface area contributed by atoms with Gasteiger partial charge in [0, 0.05) is 29.2 Å². The molecular formula is C18H13BrF3NO. The molecule has 0 amide bonds. The van der Waals surface area contributed by atoms with Crippen molar-refractivity contribution in [1.29, 1.82) is 0 Å². The first-order valence-electron chi connectivity index (χ1n) is 7.23. The van der Waals surface area contributed by atoms with Crippen LogP contribution in [0.3, 0.4) is 0 Å². The fourth-order valence-electron chi connectivity index (χ4n) is 2.71. The lowest BCUT2D eigenvalue weighted by molar-refractivity contribution is -0.137. The molecule has 0 aliphatic carbocycles. The van der Waals surface area contributed by atoms with E-state index in [-0.39, 0.29) is 17.7 Å². The molecule has 0 aliphatic heterocycles. The van der Waals surface area contributed by atoms with Gasteiger partial charge in [-0.3, -0.25) is 4.79 Å². The monoisotopic (exact) mass is 395 g/mol. The van der Waals surface area contributed by atoms with Crippen LogP contribution in [0.15, 0.2) is 54.7 Å². The molecule has 0 fully saturated rings. The predicted molar refractivity (Wildman–Crippen MR) is 90.6 cm³/mol. The number of para-hydroxylation sites is 1. The Morgan fingerprint density at radius 2 is 1.83 bits per heavy atom. The van der Waals surface area contributed by atoms with Gasteiger partial charge in [0.2, 0.25) is 0 Å². The summed E-state index contributed by atoms with van der Waals surface area (Å²) in [7, 11) is 0. The van der Waals surface area contributed by atoms with Crippen molar-refractivity contribution in [3.05, 3.63) is 71.4 Å². The summed E-state index contributed by atoms with van der Waals surface area (Å²) in [5.41, 5.74) is 1.24. The zero-order valence-electron chi connectivity index (χ0n) is 12.5. The number of hydrogen-bond donors (Lipinski definition) is 0. The van der Waals surface area contributed by atoms with Crippen LogP contribution in [0.2, 0.25) is 0 Å². The molecule has 1 heterocycles. The Labute approximate surface area is 145 Å². The number of benzene rings is 2. The van der Waals surface area contributed by atoms with Crippen LogP contribution in [0.1, 0.15) is 21.5 Å². The molecule has 0 saturated heterocycles. The second-order valence-electron chi connectivity index (χ2n) is 5.44. The van der Waals surface area contributed by atoms with Crippen LogP contribution in [0.4, 0.5) is 13.2 Å². The van der Waals surface area contributed by atoms with Crippen LogP contribution in [0.5, 0.6) is 0 Å². The average Bonchev–Trinajstić information content (AvgIpc) is 2.92. The van der Waals surface area contributed by atoms with Crippen LogP contribution in [0, 0.1) is 0 Å². The van der Waals surface area contributed by atoms with Crippen molar-refractivity contribution in [3.8, 4) is 0 Å². The number of halogens is 4. The van der Waals surface area contributed by atoms with Crippen molar-refractivity contribution in [2.75, 3.05) is 5.33 Å². The molecular weight excluding hydrogens is 383 g/mol. The Morgan fingerprint density at radius 1 is 1.08 bits per heavy atom. The molecule has 0 atom stereocenters. The topological polar surface area (TPSA) is 22.0 Å². The zero-order valence-corrected chi connectivity index (χ0v) is 14.1. The maximum atomic E-state index is 12.9. The van der Waals surface area contributed by atoms with E-state index in [9.17, 15) is 18.0 Å². The molecule has 124 valence electrons. The Kier molecular flexibility index (Phi) is 4.49. The minimum Gasteiger partial charge on any atom is -0.342 e. The standard InChI is InChI=1S/C18H13BrF3NO/c19-9-17(24)15-11-23(16-7-2-1-6-14(15)16)10-12-4-3-5-13(8-12)18(20,21)22/h1-8,11H,9-10H2. The summed E-state index contributed by atoms with van der Waals surface area (Å²) in [4.78, 5) is 12.1. The summed E-state index contributed by atoms with van der Waals surface area (Å²) < 4.78 is 40.4. The molecule has 0 radical (unpaired) electrons. The third kappa shape index (κ3) is 3.24. The van der Waals surface area contributed by atoms with Gasteiger partial charge >= 0.3 is 6.18 Å². The lowest BCUT2D eigenvalue weighted by Gasteiger charge is -2.10. The second-order valence-corrected chi connectivity index (χ2v) is 6.00. The summed E-state index contributed by atoms with van der Waals surface area (Å²) in [6, 6.07) is 12.6. The van der Waals surface area contributed by atoms with E-state index < -0.39 is 11.7 Å². The van der Waals surface area contributed by atoms with Crippen molar-refractivity contribution < 1.29 is 18.0 Å². The van der Waals surface area contributed by atoms with Gasteiger partial charge in [0.05, 0.1) is 10.9 Å². The van der Waals surface area contributed by atoms with Crippen molar-refractivity contribution in [3.63, 3.8) is 0 Å². The van der Waals surface area contributed by atoms with Gasteiger partial charge in [0.25, 0.3) is 0 Å². The number of Topliss-reactive ketones (excluding diaryl/α,β-unsaturated/α-hetero) is 1. The molecule has 6 heteroatoms. The normalized spacial score (nSPS) is 11.8. The van der Waals surface area contributed by atoms with E-state index in [0.717, 1.165) is 23.0 Å². The molecule has 0 unspecified atom stereocenters.